The highest BCUT2D eigenvalue weighted by Crippen LogP contribution is 2.24. The average molecular weight is 362 g/mol. The zero-order chi connectivity index (χ0) is 18.0. The second-order valence-corrected chi connectivity index (χ2v) is 7.12. The maximum Gasteiger partial charge on any atom is 0.319 e. The van der Waals surface area contributed by atoms with Crippen LogP contribution in [-0.2, 0) is 9.59 Å². The van der Waals surface area contributed by atoms with E-state index in [1.165, 1.54) is 0 Å². The molecule has 1 aromatic rings. The Hall–Kier alpha value is -2.22. The SMILES string of the molecule is CC[C@@H]1NC(=O)[C@@H]2C[C@H](NC(=O)Nc3ccc(SC)cc3)CN2C1=O. The van der Waals surface area contributed by atoms with Crippen LogP contribution in [0.4, 0.5) is 10.5 Å². The summed E-state index contributed by atoms with van der Waals surface area (Å²) in [4.78, 5) is 39.4. The van der Waals surface area contributed by atoms with Gasteiger partial charge in [-0.3, -0.25) is 9.59 Å². The van der Waals surface area contributed by atoms with Crippen LogP contribution < -0.4 is 16.0 Å². The van der Waals surface area contributed by atoms with Gasteiger partial charge in [0.15, 0.2) is 0 Å². The van der Waals surface area contributed by atoms with Crippen molar-refractivity contribution in [2.24, 2.45) is 0 Å². The van der Waals surface area contributed by atoms with E-state index in [2.05, 4.69) is 16.0 Å². The molecule has 2 aliphatic heterocycles. The van der Waals surface area contributed by atoms with Crippen LogP contribution in [0.2, 0.25) is 0 Å². The highest BCUT2D eigenvalue weighted by Gasteiger charge is 2.46. The lowest BCUT2D eigenvalue weighted by Crippen LogP contribution is -2.60. The van der Waals surface area contributed by atoms with Crippen molar-refractivity contribution in [1.82, 2.24) is 15.5 Å². The minimum atomic E-state index is -0.485. The van der Waals surface area contributed by atoms with Crippen LogP contribution in [-0.4, -0.2) is 53.7 Å². The Morgan fingerprint density at radius 1 is 1.32 bits per heavy atom. The minimum absolute atomic E-state index is 0.0653. The highest BCUT2D eigenvalue weighted by atomic mass is 32.2. The van der Waals surface area contributed by atoms with E-state index in [4.69, 9.17) is 0 Å². The molecule has 0 saturated carbocycles. The number of hydrogen-bond donors (Lipinski definition) is 3. The number of amides is 4. The van der Waals surface area contributed by atoms with Crippen molar-refractivity contribution < 1.29 is 14.4 Å². The highest BCUT2D eigenvalue weighted by molar-refractivity contribution is 7.98. The number of nitrogens with one attached hydrogen (secondary N) is 3. The lowest BCUT2D eigenvalue weighted by atomic mass is 10.1. The molecule has 0 spiro atoms. The van der Waals surface area contributed by atoms with Gasteiger partial charge in [-0.05, 0) is 43.4 Å². The van der Waals surface area contributed by atoms with E-state index in [-0.39, 0.29) is 23.9 Å². The molecule has 3 rings (SSSR count). The van der Waals surface area contributed by atoms with E-state index < -0.39 is 12.1 Å². The molecule has 3 atom stereocenters. The molecule has 0 aliphatic carbocycles. The van der Waals surface area contributed by atoms with E-state index in [9.17, 15) is 14.4 Å². The van der Waals surface area contributed by atoms with E-state index in [1.54, 1.807) is 16.7 Å². The molecule has 7 nitrogen and oxygen atoms in total. The topological polar surface area (TPSA) is 90.5 Å². The summed E-state index contributed by atoms with van der Waals surface area (Å²) in [6.45, 7) is 2.23. The van der Waals surface area contributed by atoms with Crippen LogP contribution >= 0.6 is 11.8 Å². The Bertz CT molecular complexity index is 679. The molecular weight excluding hydrogens is 340 g/mol. The molecule has 2 aliphatic rings. The summed E-state index contributed by atoms with van der Waals surface area (Å²) in [7, 11) is 0. The molecule has 8 heteroatoms. The molecule has 134 valence electrons. The molecule has 0 unspecified atom stereocenters. The number of rotatable bonds is 4. The van der Waals surface area contributed by atoms with Crippen LogP contribution in [0.1, 0.15) is 19.8 Å². The number of thioether (sulfide) groups is 1. The monoisotopic (exact) mass is 362 g/mol. The zero-order valence-electron chi connectivity index (χ0n) is 14.2. The summed E-state index contributed by atoms with van der Waals surface area (Å²) in [5.41, 5.74) is 0.700. The molecular formula is C17H22N4O3S. The average Bonchev–Trinajstić information content (AvgIpc) is 3.03. The summed E-state index contributed by atoms with van der Waals surface area (Å²) < 4.78 is 0. The predicted molar refractivity (Wildman–Crippen MR) is 96.5 cm³/mol. The molecule has 0 bridgehead atoms. The number of nitrogens with zero attached hydrogens (tertiary/aromatic N) is 1. The van der Waals surface area contributed by atoms with Crippen LogP contribution in [0.3, 0.4) is 0 Å². The third-order valence-electron chi connectivity index (χ3n) is 4.59. The first-order chi connectivity index (χ1) is 12.0. The molecule has 3 N–H and O–H groups in total. The fourth-order valence-corrected chi connectivity index (χ4v) is 3.67. The fourth-order valence-electron chi connectivity index (χ4n) is 3.27. The van der Waals surface area contributed by atoms with Gasteiger partial charge in [-0.25, -0.2) is 4.79 Å². The van der Waals surface area contributed by atoms with Crippen molar-refractivity contribution in [3.8, 4) is 0 Å². The van der Waals surface area contributed by atoms with Gasteiger partial charge >= 0.3 is 6.03 Å². The van der Waals surface area contributed by atoms with Crippen molar-refractivity contribution in [1.29, 1.82) is 0 Å². The van der Waals surface area contributed by atoms with Crippen LogP contribution in [0.15, 0.2) is 29.2 Å². The second-order valence-electron chi connectivity index (χ2n) is 6.24. The Labute approximate surface area is 150 Å². The van der Waals surface area contributed by atoms with Crippen molar-refractivity contribution in [3.63, 3.8) is 0 Å². The van der Waals surface area contributed by atoms with Gasteiger partial charge in [-0.15, -0.1) is 11.8 Å². The van der Waals surface area contributed by atoms with Crippen LogP contribution in [0.25, 0.3) is 0 Å². The van der Waals surface area contributed by atoms with Gasteiger partial charge < -0.3 is 20.9 Å². The Morgan fingerprint density at radius 2 is 2.04 bits per heavy atom. The molecule has 1 aromatic carbocycles. The van der Waals surface area contributed by atoms with E-state index >= 15 is 0 Å². The van der Waals surface area contributed by atoms with Gasteiger partial charge in [0.1, 0.15) is 12.1 Å². The summed E-state index contributed by atoms with van der Waals surface area (Å²) >= 11 is 1.63. The van der Waals surface area contributed by atoms with Crippen LogP contribution in [0.5, 0.6) is 0 Å². The quantitative estimate of drug-likeness (QED) is 0.707. The molecule has 2 fully saturated rings. The lowest BCUT2D eigenvalue weighted by Gasteiger charge is -2.33. The lowest BCUT2D eigenvalue weighted by molar-refractivity contribution is -0.147. The first-order valence-electron chi connectivity index (χ1n) is 8.34. The molecule has 0 aromatic heterocycles. The molecule has 4 amide bonds. The second kappa shape index (κ2) is 7.35. The van der Waals surface area contributed by atoms with Gasteiger partial charge in [-0.2, -0.15) is 0 Å². The standard InChI is InChI=1S/C17H22N4O3S/c1-3-13-16(23)21-9-11(8-14(21)15(22)20-13)19-17(24)18-10-4-6-12(25-2)7-5-10/h4-7,11,13-14H,3,8-9H2,1-2H3,(H,20,22)(H2,18,19,24)/t11-,13-,14-/m0/s1. The van der Waals surface area contributed by atoms with Gasteiger partial charge in [-0.1, -0.05) is 6.92 Å². The summed E-state index contributed by atoms with van der Waals surface area (Å²) in [5.74, 6) is -0.201. The largest absolute Gasteiger partial charge is 0.343 e. The molecule has 0 radical (unpaired) electrons. The number of urea groups is 1. The number of anilines is 1. The zero-order valence-corrected chi connectivity index (χ0v) is 15.1. The number of benzene rings is 1. The fraction of sp³-hybridized carbons (Fsp3) is 0.471. The van der Waals surface area contributed by atoms with Crippen molar-refractivity contribution in [2.45, 2.75) is 42.8 Å². The Balaban J connectivity index is 1.57. The number of carbonyl (C=O) groups excluding carboxylic acids is 3. The van der Waals surface area contributed by atoms with Gasteiger partial charge in [0, 0.05) is 17.1 Å². The molecule has 2 saturated heterocycles. The Morgan fingerprint density at radius 3 is 2.68 bits per heavy atom. The normalized spacial score (nSPS) is 25.4. The molecule has 2 heterocycles. The summed E-state index contributed by atoms with van der Waals surface area (Å²) in [5, 5.41) is 8.39. The minimum Gasteiger partial charge on any atom is -0.343 e. The number of piperazine rings is 1. The Kier molecular flexibility index (Phi) is 5.17. The van der Waals surface area contributed by atoms with Gasteiger partial charge in [0.25, 0.3) is 0 Å². The van der Waals surface area contributed by atoms with E-state index in [0.717, 1.165) is 4.90 Å². The predicted octanol–water partition coefficient (Wildman–Crippen LogP) is 1.41. The summed E-state index contributed by atoms with van der Waals surface area (Å²) in [6, 6.07) is 6.04. The number of hydrogen-bond acceptors (Lipinski definition) is 4. The summed E-state index contributed by atoms with van der Waals surface area (Å²) in [6.07, 6.45) is 3.00. The maximum atomic E-state index is 12.3. The van der Waals surface area contributed by atoms with Gasteiger partial charge in [0.2, 0.25) is 11.8 Å². The van der Waals surface area contributed by atoms with E-state index in [0.29, 0.717) is 25.1 Å². The number of fused-ring (bicyclic) bond motifs is 1. The third-order valence-corrected chi connectivity index (χ3v) is 5.34. The van der Waals surface area contributed by atoms with Crippen molar-refractivity contribution >= 4 is 35.3 Å². The van der Waals surface area contributed by atoms with Crippen molar-refractivity contribution in [2.75, 3.05) is 18.1 Å². The van der Waals surface area contributed by atoms with E-state index in [1.807, 2.05) is 37.4 Å². The van der Waals surface area contributed by atoms with Crippen molar-refractivity contribution in [3.05, 3.63) is 24.3 Å². The number of carbonyl (C=O) groups is 3. The smallest absolute Gasteiger partial charge is 0.319 e. The maximum absolute atomic E-state index is 12.3. The first-order valence-corrected chi connectivity index (χ1v) is 9.56. The molecule has 25 heavy (non-hydrogen) atoms. The first kappa shape index (κ1) is 17.6. The third kappa shape index (κ3) is 3.73. The van der Waals surface area contributed by atoms with Crippen LogP contribution in [0, 0.1) is 0 Å². The van der Waals surface area contributed by atoms with Gasteiger partial charge in [0.05, 0.1) is 6.04 Å².